The number of H-pyrrole nitrogens is 1. The Bertz CT molecular complexity index is 1330. The summed E-state index contributed by atoms with van der Waals surface area (Å²) in [5.41, 5.74) is 1.84. The van der Waals surface area contributed by atoms with Crippen LogP contribution in [-0.2, 0) is 0 Å². The second-order valence-electron chi connectivity index (χ2n) is 7.92. The third kappa shape index (κ3) is 4.18. The van der Waals surface area contributed by atoms with E-state index < -0.39 is 12.6 Å². The molecule has 0 radical (unpaired) electrons. The minimum Gasteiger partial charge on any atom is -0.368 e. The molecule has 5 rings (SSSR count). The van der Waals surface area contributed by atoms with Gasteiger partial charge in [0.2, 0.25) is 0 Å². The van der Waals surface area contributed by atoms with Crippen molar-refractivity contribution in [2.24, 2.45) is 0 Å². The molecule has 1 amide bonds. The van der Waals surface area contributed by atoms with Gasteiger partial charge < -0.3 is 9.88 Å². The fourth-order valence-electron chi connectivity index (χ4n) is 4.02. The Hall–Kier alpha value is -3.40. The summed E-state index contributed by atoms with van der Waals surface area (Å²) in [6, 6.07) is 9.72. The molecule has 6 nitrogen and oxygen atoms in total. The van der Waals surface area contributed by atoms with Crippen molar-refractivity contribution in [1.82, 2.24) is 15.0 Å². The number of anilines is 2. The molecule has 0 spiro atoms. The maximum Gasteiger partial charge on any atom is 0.264 e. The molecule has 1 fully saturated rings. The number of alkyl halides is 3. The molecule has 0 unspecified atom stereocenters. The monoisotopic (exact) mass is 471 g/mol. The summed E-state index contributed by atoms with van der Waals surface area (Å²) in [4.78, 5) is 27.2. The van der Waals surface area contributed by atoms with Crippen LogP contribution in [0.25, 0.3) is 22.4 Å². The SMILES string of the molecule is Cc1cnc(NC(=O)c2cccc3[nH]c(-c4ccc(N5CC[C@H](F)C5)cc4C(F)F)nc23)s1. The fraction of sp³-hybridized carbons (Fsp3) is 0.261. The number of amides is 1. The minimum absolute atomic E-state index is 0.196. The van der Waals surface area contributed by atoms with E-state index in [1.54, 1.807) is 41.4 Å². The van der Waals surface area contributed by atoms with E-state index in [2.05, 4.69) is 20.3 Å². The highest BCUT2D eigenvalue weighted by Gasteiger charge is 2.25. The van der Waals surface area contributed by atoms with Crippen molar-refractivity contribution in [3.8, 4) is 11.4 Å². The van der Waals surface area contributed by atoms with Crippen molar-refractivity contribution in [2.45, 2.75) is 25.9 Å². The molecule has 1 atom stereocenters. The van der Waals surface area contributed by atoms with E-state index in [9.17, 15) is 18.0 Å². The van der Waals surface area contributed by atoms with Crippen molar-refractivity contribution < 1.29 is 18.0 Å². The van der Waals surface area contributed by atoms with Crippen LogP contribution in [0.2, 0.25) is 0 Å². The zero-order valence-electron chi connectivity index (χ0n) is 17.6. The van der Waals surface area contributed by atoms with Gasteiger partial charge in [-0.1, -0.05) is 6.07 Å². The maximum absolute atomic E-state index is 14.0. The van der Waals surface area contributed by atoms with Crippen LogP contribution in [0.1, 0.15) is 33.6 Å². The molecule has 2 aromatic carbocycles. The van der Waals surface area contributed by atoms with Crippen LogP contribution in [0.5, 0.6) is 0 Å². The lowest BCUT2D eigenvalue weighted by Crippen LogP contribution is -2.20. The molecule has 4 aromatic rings. The van der Waals surface area contributed by atoms with Crippen molar-refractivity contribution in [3.63, 3.8) is 0 Å². The van der Waals surface area contributed by atoms with Gasteiger partial charge in [-0.25, -0.2) is 23.1 Å². The van der Waals surface area contributed by atoms with Crippen LogP contribution in [0.15, 0.2) is 42.6 Å². The number of nitrogens with one attached hydrogen (secondary N) is 2. The Morgan fingerprint density at radius 2 is 2.15 bits per heavy atom. The lowest BCUT2D eigenvalue weighted by atomic mass is 10.1. The normalized spacial score (nSPS) is 16.2. The van der Waals surface area contributed by atoms with E-state index in [1.807, 2.05) is 6.92 Å². The number of rotatable bonds is 5. The largest absolute Gasteiger partial charge is 0.368 e. The van der Waals surface area contributed by atoms with Gasteiger partial charge in [-0.3, -0.25) is 10.1 Å². The number of halogens is 3. The van der Waals surface area contributed by atoms with E-state index in [-0.39, 0.29) is 29.4 Å². The van der Waals surface area contributed by atoms with E-state index in [0.29, 0.717) is 40.4 Å². The Kier molecular flexibility index (Phi) is 5.53. The van der Waals surface area contributed by atoms with E-state index in [4.69, 9.17) is 0 Å². The highest BCUT2D eigenvalue weighted by atomic mass is 32.1. The van der Waals surface area contributed by atoms with E-state index in [1.165, 1.54) is 17.4 Å². The standard InChI is InChI=1S/C23H20F3N5OS/c1-12-10-27-23(33-12)30-22(32)16-3-2-4-18-19(16)29-21(28-18)15-6-5-14(9-17(15)20(25)26)31-8-7-13(24)11-31/h2-6,9-10,13,20H,7-8,11H2,1H3,(H,28,29)(H,27,30,32)/t13-/m0/s1. The summed E-state index contributed by atoms with van der Waals surface area (Å²) in [6.45, 7) is 2.58. The van der Waals surface area contributed by atoms with Gasteiger partial charge >= 0.3 is 0 Å². The van der Waals surface area contributed by atoms with Crippen LogP contribution >= 0.6 is 11.3 Å². The van der Waals surface area contributed by atoms with Gasteiger partial charge in [0.25, 0.3) is 12.3 Å². The minimum atomic E-state index is -2.74. The fourth-order valence-corrected chi connectivity index (χ4v) is 4.67. The molecule has 3 heterocycles. The summed E-state index contributed by atoms with van der Waals surface area (Å²) < 4.78 is 41.5. The number of hydrogen-bond acceptors (Lipinski definition) is 5. The first-order valence-electron chi connectivity index (χ1n) is 10.4. The van der Waals surface area contributed by atoms with Crippen molar-refractivity contribution in [3.05, 3.63) is 58.6 Å². The summed E-state index contributed by atoms with van der Waals surface area (Å²) in [7, 11) is 0. The lowest BCUT2D eigenvalue weighted by Gasteiger charge is -2.19. The van der Waals surface area contributed by atoms with Crippen LogP contribution in [0, 0.1) is 6.92 Å². The Balaban J connectivity index is 1.51. The highest BCUT2D eigenvalue weighted by molar-refractivity contribution is 7.15. The average molecular weight is 472 g/mol. The van der Waals surface area contributed by atoms with Gasteiger partial charge in [0, 0.05) is 41.0 Å². The van der Waals surface area contributed by atoms with Gasteiger partial charge in [0.05, 0.1) is 11.1 Å². The van der Waals surface area contributed by atoms with Gasteiger partial charge in [0.15, 0.2) is 5.13 Å². The predicted octanol–water partition coefficient (Wildman–Crippen LogP) is 5.73. The number of fused-ring (bicyclic) bond motifs is 1. The van der Waals surface area contributed by atoms with E-state index in [0.717, 1.165) is 4.88 Å². The number of carbonyl (C=O) groups is 1. The molecule has 1 aliphatic heterocycles. The first-order valence-corrected chi connectivity index (χ1v) is 11.2. The van der Waals surface area contributed by atoms with Gasteiger partial charge in [-0.05, 0) is 43.7 Å². The second kappa shape index (κ2) is 8.51. The molecule has 33 heavy (non-hydrogen) atoms. The molecule has 1 aliphatic rings. The molecule has 0 saturated carbocycles. The first-order chi connectivity index (χ1) is 15.9. The molecule has 1 saturated heterocycles. The molecule has 10 heteroatoms. The van der Waals surface area contributed by atoms with Crippen LogP contribution < -0.4 is 10.2 Å². The number of nitrogens with zero attached hydrogens (tertiary/aromatic N) is 3. The van der Waals surface area contributed by atoms with E-state index >= 15 is 0 Å². The molecular weight excluding hydrogens is 451 g/mol. The number of carbonyl (C=O) groups excluding carboxylic acids is 1. The number of benzene rings is 2. The number of imidazole rings is 1. The maximum atomic E-state index is 14.0. The number of aromatic nitrogens is 3. The number of para-hydroxylation sites is 1. The third-order valence-electron chi connectivity index (χ3n) is 5.62. The number of hydrogen-bond donors (Lipinski definition) is 2. The van der Waals surface area contributed by atoms with Crippen molar-refractivity contribution in [1.29, 1.82) is 0 Å². The predicted molar refractivity (Wildman–Crippen MR) is 123 cm³/mol. The van der Waals surface area contributed by atoms with Crippen LogP contribution in [0.3, 0.4) is 0 Å². The molecule has 2 N–H and O–H groups in total. The molecule has 2 aromatic heterocycles. The number of aromatic amines is 1. The summed E-state index contributed by atoms with van der Waals surface area (Å²) >= 11 is 1.35. The van der Waals surface area contributed by atoms with Crippen LogP contribution in [-0.4, -0.2) is 40.1 Å². The molecular formula is C23H20F3N5OS. The number of thiazole rings is 1. The summed E-state index contributed by atoms with van der Waals surface area (Å²) in [5, 5.41) is 3.22. The average Bonchev–Trinajstić information content (AvgIpc) is 3.52. The topological polar surface area (TPSA) is 73.9 Å². The van der Waals surface area contributed by atoms with Crippen molar-refractivity contribution in [2.75, 3.05) is 23.3 Å². The second-order valence-corrected chi connectivity index (χ2v) is 9.16. The van der Waals surface area contributed by atoms with Crippen molar-refractivity contribution >= 4 is 39.1 Å². The highest BCUT2D eigenvalue weighted by Crippen LogP contribution is 2.35. The number of aryl methyl sites for hydroxylation is 1. The Labute approximate surface area is 191 Å². The quantitative estimate of drug-likeness (QED) is 0.390. The summed E-state index contributed by atoms with van der Waals surface area (Å²) in [5.74, 6) is -0.144. The zero-order valence-corrected chi connectivity index (χ0v) is 18.4. The Morgan fingerprint density at radius 1 is 1.30 bits per heavy atom. The molecule has 170 valence electrons. The third-order valence-corrected chi connectivity index (χ3v) is 6.45. The van der Waals surface area contributed by atoms with Gasteiger partial charge in [-0.15, -0.1) is 11.3 Å². The van der Waals surface area contributed by atoms with Gasteiger partial charge in [-0.2, -0.15) is 0 Å². The van der Waals surface area contributed by atoms with Crippen LogP contribution in [0.4, 0.5) is 24.0 Å². The van der Waals surface area contributed by atoms with Gasteiger partial charge in [0.1, 0.15) is 17.5 Å². The molecule has 0 aliphatic carbocycles. The smallest absolute Gasteiger partial charge is 0.264 e. The first kappa shape index (κ1) is 21.4. The molecule has 0 bridgehead atoms. The zero-order chi connectivity index (χ0) is 23.1. The summed E-state index contributed by atoms with van der Waals surface area (Å²) in [6.07, 6.45) is -1.64. The lowest BCUT2D eigenvalue weighted by molar-refractivity contribution is 0.102. The Morgan fingerprint density at radius 3 is 2.85 bits per heavy atom.